The summed E-state index contributed by atoms with van der Waals surface area (Å²) >= 11 is 0. The Kier molecular flexibility index (Phi) is 5.26. The van der Waals surface area contributed by atoms with Gasteiger partial charge in [-0.25, -0.2) is 0 Å². The number of hydrogen-bond donors (Lipinski definition) is 1. The van der Waals surface area contributed by atoms with Crippen LogP contribution in [-0.4, -0.2) is 49.7 Å². The maximum Gasteiger partial charge on any atom is 0.254 e. The topological polar surface area (TPSA) is 41.6 Å². The molecule has 2 heterocycles. The molecule has 0 spiro atoms. The third kappa shape index (κ3) is 3.65. The van der Waals surface area contributed by atoms with Crippen molar-refractivity contribution in [3.05, 3.63) is 35.9 Å². The fraction of sp³-hybridized carbons (Fsp3) is 0.650. The Labute approximate surface area is 145 Å². The molecule has 1 atom stereocenters. The number of rotatable bonds is 5. The molecule has 132 valence electrons. The van der Waals surface area contributed by atoms with Crippen molar-refractivity contribution in [3.8, 4) is 0 Å². The summed E-state index contributed by atoms with van der Waals surface area (Å²) in [7, 11) is 1.69. The van der Waals surface area contributed by atoms with Crippen LogP contribution in [0.1, 0.15) is 38.2 Å². The van der Waals surface area contributed by atoms with Gasteiger partial charge in [0.2, 0.25) is 0 Å². The van der Waals surface area contributed by atoms with Crippen molar-refractivity contribution >= 4 is 5.91 Å². The number of nitrogens with zero attached hydrogens (tertiary/aromatic N) is 1. The summed E-state index contributed by atoms with van der Waals surface area (Å²) in [4.78, 5) is 15.1. The van der Waals surface area contributed by atoms with Crippen LogP contribution in [0.5, 0.6) is 0 Å². The number of aryl methyl sites for hydroxylation is 1. The highest BCUT2D eigenvalue weighted by Crippen LogP contribution is 2.37. The van der Waals surface area contributed by atoms with E-state index in [9.17, 15) is 4.79 Å². The van der Waals surface area contributed by atoms with E-state index in [1.54, 1.807) is 7.11 Å². The largest absolute Gasteiger partial charge is 0.368 e. The van der Waals surface area contributed by atoms with Gasteiger partial charge >= 0.3 is 0 Å². The van der Waals surface area contributed by atoms with E-state index in [4.69, 9.17) is 4.74 Å². The molecule has 2 aliphatic rings. The minimum absolute atomic E-state index is 0.204. The van der Waals surface area contributed by atoms with Gasteiger partial charge in [-0.05, 0) is 56.2 Å². The van der Waals surface area contributed by atoms with Crippen LogP contribution in [0.15, 0.2) is 30.3 Å². The number of piperidine rings is 1. The second kappa shape index (κ2) is 7.24. The number of ether oxygens (including phenoxy) is 1. The fourth-order valence-corrected chi connectivity index (χ4v) is 4.12. The van der Waals surface area contributed by atoms with Gasteiger partial charge in [0.1, 0.15) is 5.60 Å². The van der Waals surface area contributed by atoms with Crippen LogP contribution in [0.4, 0.5) is 0 Å². The van der Waals surface area contributed by atoms with Gasteiger partial charge in [0.15, 0.2) is 0 Å². The summed E-state index contributed by atoms with van der Waals surface area (Å²) in [6.45, 7) is 5.77. The lowest BCUT2D eigenvalue weighted by Gasteiger charge is -2.38. The molecule has 2 aliphatic heterocycles. The predicted octanol–water partition coefficient (Wildman–Crippen LogP) is 2.63. The molecule has 2 saturated heterocycles. The zero-order chi connectivity index (χ0) is 17.0. The zero-order valence-corrected chi connectivity index (χ0v) is 15.0. The van der Waals surface area contributed by atoms with Crippen LogP contribution in [0, 0.1) is 5.41 Å². The van der Waals surface area contributed by atoms with Crippen molar-refractivity contribution in [2.45, 2.75) is 44.6 Å². The zero-order valence-electron chi connectivity index (χ0n) is 15.0. The van der Waals surface area contributed by atoms with E-state index in [0.29, 0.717) is 0 Å². The van der Waals surface area contributed by atoms with Gasteiger partial charge in [-0.2, -0.15) is 0 Å². The van der Waals surface area contributed by atoms with E-state index in [0.717, 1.165) is 58.3 Å². The summed E-state index contributed by atoms with van der Waals surface area (Å²) in [6, 6.07) is 10.6. The Morgan fingerprint density at radius 3 is 2.58 bits per heavy atom. The third-order valence-electron chi connectivity index (χ3n) is 5.90. The molecule has 1 aromatic carbocycles. The van der Waals surface area contributed by atoms with Gasteiger partial charge in [-0.3, -0.25) is 4.79 Å². The predicted molar refractivity (Wildman–Crippen MR) is 95.9 cm³/mol. The lowest BCUT2D eigenvalue weighted by Crippen LogP contribution is -2.55. The number of carbonyl (C=O) groups is 1. The van der Waals surface area contributed by atoms with Gasteiger partial charge < -0.3 is 15.0 Å². The Hall–Kier alpha value is -1.39. The highest BCUT2D eigenvalue weighted by Gasteiger charge is 2.46. The molecule has 4 nitrogen and oxygen atoms in total. The van der Waals surface area contributed by atoms with E-state index in [1.165, 1.54) is 5.56 Å². The molecular formula is C20H30N2O2. The van der Waals surface area contributed by atoms with Crippen LogP contribution in [0.25, 0.3) is 0 Å². The van der Waals surface area contributed by atoms with Crippen LogP contribution in [-0.2, 0) is 16.0 Å². The van der Waals surface area contributed by atoms with Crippen molar-refractivity contribution < 1.29 is 9.53 Å². The Morgan fingerprint density at radius 2 is 1.92 bits per heavy atom. The van der Waals surface area contributed by atoms with Gasteiger partial charge in [-0.1, -0.05) is 37.3 Å². The second-order valence-electron chi connectivity index (χ2n) is 7.72. The van der Waals surface area contributed by atoms with E-state index in [-0.39, 0.29) is 11.3 Å². The lowest BCUT2D eigenvalue weighted by molar-refractivity contribution is -0.157. The van der Waals surface area contributed by atoms with Gasteiger partial charge in [0.25, 0.3) is 5.91 Å². The van der Waals surface area contributed by atoms with Crippen LogP contribution in [0.3, 0.4) is 0 Å². The number of amides is 1. The molecule has 0 bridgehead atoms. The second-order valence-corrected chi connectivity index (χ2v) is 7.72. The maximum absolute atomic E-state index is 13.1. The molecule has 0 aliphatic carbocycles. The van der Waals surface area contributed by atoms with E-state index >= 15 is 0 Å². The molecule has 0 saturated carbocycles. The molecule has 0 radical (unpaired) electrons. The van der Waals surface area contributed by atoms with Crippen molar-refractivity contribution in [1.82, 2.24) is 10.2 Å². The minimum atomic E-state index is -0.601. The molecule has 1 unspecified atom stereocenters. The van der Waals surface area contributed by atoms with Gasteiger partial charge in [-0.15, -0.1) is 0 Å². The first-order valence-corrected chi connectivity index (χ1v) is 9.16. The number of nitrogens with one attached hydrogen (secondary N) is 1. The van der Waals surface area contributed by atoms with Crippen molar-refractivity contribution in [3.63, 3.8) is 0 Å². The summed E-state index contributed by atoms with van der Waals surface area (Å²) in [5.41, 5.74) is 0.999. The molecular weight excluding hydrogens is 300 g/mol. The smallest absolute Gasteiger partial charge is 0.254 e. The Balaban J connectivity index is 1.60. The molecule has 3 rings (SSSR count). The number of methoxy groups -OCH3 is 1. The number of benzene rings is 1. The molecule has 1 aromatic rings. The van der Waals surface area contributed by atoms with E-state index < -0.39 is 5.60 Å². The third-order valence-corrected chi connectivity index (χ3v) is 5.90. The van der Waals surface area contributed by atoms with Crippen molar-refractivity contribution in [1.29, 1.82) is 0 Å². The monoisotopic (exact) mass is 330 g/mol. The molecule has 1 N–H and O–H groups in total. The van der Waals surface area contributed by atoms with Crippen LogP contribution in [0.2, 0.25) is 0 Å². The Morgan fingerprint density at radius 1 is 1.21 bits per heavy atom. The van der Waals surface area contributed by atoms with Gasteiger partial charge in [0.05, 0.1) is 0 Å². The quantitative estimate of drug-likeness (QED) is 0.902. The summed E-state index contributed by atoms with van der Waals surface area (Å²) < 4.78 is 5.72. The first-order chi connectivity index (χ1) is 11.6. The average molecular weight is 330 g/mol. The molecule has 4 heteroatoms. The fourth-order valence-electron chi connectivity index (χ4n) is 4.12. The molecule has 0 aromatic heterocycles. The highest BCUT2D eigenvalue weighted by molar-refractivity contribution is 5.85. The van der Waals surface area contributed by atoms with E-state index in [1.807, 2.05) is 0 Å². The lowest BCUT2D eigenvalue weighted by atomic mass is 9.83. The Bertz CT molecular complexity index is 554. The van der Waals surface area contributed by atoms with Crippen LogP contribution >= 0.6 is 0 Å². The van der Waals surface area contributed by atoms with E-state index in [2.05, 4.69) is 47.5 Å². The summed E-state index contributed by atoms with van der Waals surface area (Å²) in [5.74, 6) is 0.204. The van der Waals surface area contributed by atoms with Crippen LogP contribution < -0.4 is 5.32 Å². The molecule has 24 heavy (non-hydrogen) atoms. The average Bonchev–Trinajstić information content (AvgIpc) is 3.03. The maximum atomic E-state index is 13.1. The minimum Gasteiger partial charge on any atom is -0.368 e. The first-order valence-electron chi connectivity index (χ1n) is 9.16. The normalized spacial score (nSPS) is 26.5. The van der Waals surface area contributed by atoms with Gasteiger partial charge in [0, 0.05) is 20.2 Å². The number of likely N-dealkylation sites (tertiary alicyclic amines) is 1. The molecule has 2 fully saturated rings. The molecule has 1 amide bonds. The highest BCUT2D eigenvalue weighted by atomic mass is 16.5. The summed E-state index contributed by atoms with van der Waals surface area (Å²) in [5, 5.41) is 3.32. The summed E-state index contributed by atoms with van der Waals surface area (Å²) in [6.07, 6.45) is 4.85. The number of carbonyl (C=O) groups excluding carboxylic acids is 1. The first kappa shape index (κ1) is 17.4. The SMILES string of the molecule is COC1(C(=O)N2CCC(C)(CCc3ccccc3)C2)CCNCC1. The number of hydrogen-bond acceptors (Lipinski definition) is 3. The standard InChI is InChI=1S/C20H30N2O2/c1-19(9-8-17-6-4-3-5-7-17)12-15-22(16-19)18(23)20(24-2)10-13-21-14-11-20/h3-7,21H,8-16H2,1-2H3. The van der Waals surface area contributed by atoms with Crippen molar-refractivity contribution in [2.24, 2.45) is 5.41 Å². The van der Waals surface area contributed by atoms with Crippen molar-refractivity contribution in [2.75, 3.05) is 33.3 Å².